The maximum atomic E-state index is 13.0. The first-order valence-electron chi connectivity index (χ1n) is 9.84. The molecule has 0 saturated carbocycles. The van der Waals surface area contributed by atoms with E-state index in [1.54, 1.807) is 24.3 Å². The number of aromatic carboxylic acids is 1. The monoisotopic (exact) mass is 467 g/mol. The molecule has 2 heterocycles. The number of aromatic nitrogens is 2. The molecule has 3 N–H and O–H groups in total. The van der Waals surface area contributed by atoms with Crippen LogP contribution < -0.4 is 10.1 Å². The van der Waals surface area contributed by atoms with Crippen molar-refractivity contribution in [3.05, 3.63) is 96.1 Å². The Balaban J connectivity index is 1.42. The summed E-state index contributed by atoms with van der Waals surface area (Å²) in [6.07, 6.45) is -1.68. The predicted octanol–water partition coefficient (Wildman–Crippen LogP) is 5.84. The number of hydrogen-bond acceptors (Lipinski definition) is 4. The van der Waals surface area contributed by atoms with E-state index in [1.807, 2.05) is 0 Å². The number of nitrogens with zero attached hydrogens (tertiary/aromatic N) is 1. The largest absolute Gasteiger partial charge is 0.477 e. The number of rotatable bonds is 6. The van der Waals surface area contributed by atoms with Crippen LogP contribution in [-0.2, 0) is 6.18 Å². The lowest BCUT2D eigenvalue weighted by atomic mass is 10.1. The maximum absolute atomic E-state index is 13.0. The van der Waals surface area contributed by atoms with E-state index < -0.39 is 23.6 Å². The Labute approximate surface area is 190 Å². The molecule has 4 rings (SSSR count). The Morgan fingerprint density at radius 3 is 2.41 bits per heavy atom. The highest BCUT2D eigenvalue weighted by molar-refractivity contribution is 6.03. The Hall–Kier alpha value is -4.60. The van der Waals surface area contributed by atoms with Gasteiger partial charge in [-0.2, -0.15) is 13.2 Å². The lowest BCUT2D eigenvalue weighted by Gasteiger charge is -2.08. The lowest BCUT2D eigenvalue weighted by molar-refractivity contribution is -0.137. The van der Waals surface area contributed by atoms with Gasteiger partial charge in [-0.25, -0.2) is 9.78 Å². The van der Waals surface area contributed by atoms with Gasteiger partial charge >= 0.3 is 12.1 Å². The van der Waals surface area contributed by atoms with Gasteiger partial charge in [0.05, 0.1) is 5.56 Å². The third kappa shape index (κ3) is 5.23. The number of carboxylic acids is 1. The number of benzene rings is 2. The fourth-order valence-corrected chi connectivity index (χ4v) is 3.10. The summed E-state index contributed by atoms with van der Waals surface area (Å²) in [5, 5.41) is 11.7. The fourth-order valence-electron chi connectivity index (χ4n) is 3.10. The SMILES string of the molecule is O=C(O)c1cc(Oc2ccc(NC(=O)c3cc(-c4cccc(C(F)(F)F)c4)c[nH]3)cc2)ccn1. The van der Waals surface area contributed by atoms with Crippen LogP contribution in [-0.4, -0.2) is 27.0 Å². The molecule has 4 aromatic rings. The van der Waals surface area contributed by atoms with Gasteiger partial charge in [-0.15, -0.1) is 0 Å². The summed E-state index contributed by atoms with van der Waals surface area (Å²) in [5.74, 6) is -0.957. The molecule has 0 saturated heterocycles. The Morgan fingerprint density at radius 2 is 1.71 bits per heavy atom. The van der Waals surface area contributed by atoms with Gasteiger partial charge < -0.3 is 20.1 Å². The molecule has 34 heavy (non-hydrogen) atoms. The molecule has 2 aromatic carbocycles. The molecule has 7 nitrogen and oxygen atoms in total. The van der Waals surface area contributed by atoms with Crippen molar-refractivity contribution in [1.29, 1.82) is 0 Å². The summed E-state index contributed by atoms with van der Waals surface area (Å²) >= 11 is 0. The van der Waals surface area contributed by atoms with E-state index >= 15 is 0 Å². The maximum Gasteiger partial charge on any atom is 0.416 e. The van der Waals surface area contributed by atoms with Gasteiger partial charge in [0, 0.05) is 24.1 Å². The molecule has 0 unspecified atom stereocenters. The van der Waals surface area contributed by atoms with Gasteiger partial charge in [0.25, 0.3) is 5.91 Å². The zero-order chi connectivity index (χ0) is 24.3. The number of halogens is 3. The molecular weight excluding hydrogens is 451 g/mol. The molecule has 2 aromatic heterocycles. The van der Waals surface area contributed by atoms with Crippen molar-refractivity contribution in [2.75, 3.05) is 5.32 Å². The number of anilines is 1. The highest BCUT2D eigenvalue weighted by Crippen LogP contribution is 2.32. The van der Waals surface area contributed by atoms with Crippen LogP contribution in [0.2, 0.25) is 0 Å². The topological polar surface area (TPSA) is 104 Å². The zero-order valence-electron chi connectivity index (χ0n) is 17.3. The van der Waals surface area contributed by atoms with Gasteiger partial charge in [-0.3, -0.25) is 4.79 Å². The Bertz CT molecular complexity index is 1350. The minimum atomic E-state index is -4.46. The van der Waals surface area contributed by atoms with Crippen LogP contribution in [0.3, 0.4) is 0 Å². The van der Waals surface area contributed by atoms with Crippen molar-refractivity contribution in [3.63, 3.8) is 0 Å². The number of carbonyl (C=O) groups is 2. The summed E-state index contributed by atoms with van der Waals surface area (Å²) in [7, 11) is 0. The van der Waals surface area contributed by atoms with E-state index in [9.17, 15) is 22.8 Å². The fraction of sp³-hybridized carbons (Fsp3) is 0.0417. The number of hydrogen-bond donors (Lipinski definition) is 3. The highest BCUT2D eigenvalue weighted by Gasteiger charge is 2.30. The van der Waals surface area contributed by atoms with E-state index in [4.69, 9.17) is 9.84 Å². The Kier molecular flexibility index (Phi) is 6.05. The minimum Gasteiger partial charge on any atom is -0.477 e. The van der Waals surface area contributed by atoms with E-state index in [0.717, 1.165) is 12.1 Å². The number of pyridine rings is 1. The van der Waals surface area contributed by atoms with Gasteiger partial charge in [-0.05, 0) is 59.7 Å². The normalized spacial score (nSPS) is 11.1. The summed E-state index contributed by atoms with van der Waals surface area (Å²) < 4.78 is 44.5. The van der Waals surface area contributed by atoms with Gasteiger partial charge in [0.2, 0.25) is 0 Å². The van der Waals surface area contributed by atoms with Crippen LogP contribution >= 0.6 is 0 Å². The molecule has 1 amide bonds. The number of aromatic amines is 1. The molecule has 0 aliphatic heterocycles. The highest BCUT2D eigenvalue weighted by atomic mass is 19.4. The number of alkyl halides is 3. The smallest absolute Gasteiger partial charge is 0.416 e. The van der Waals surface area contributed by atoms with Crippen molar-refractivity contribution >= 4 is 17.6 Å². The van der Waals surface area contributed by atoms with Gasteiger partial charge in [-0.1, -0.05) is 12.1 Å². The third-order valence-electron chi connectivity index (χ3n) is 4.75. The second kappa shape index (κ2) is 9.10. The molecule has 0 spiro atoms. The van der Waals surface area contributed by atoms with Crippen LogP contribution in [0.4, 0.5) is 18.9 Å². The molecular formula is C24H16F3N3O4. The summed E-state index contributed by atoms with van der Waals surface area (Å²) in [5.41, 5.74) is 0.466. The number of H-pyrrole nitrogens is 1. The average Bonchev–Trinajstić information content (AvgIpc) is 3.31. The summed E-state index contributed by atoms with van der Waals surface area (Å²) in [4.78, 5) is 30.0. The quantitative estimate of drug-likeness (QED) is 0.331. The van der Waals surface area contributed by atoms with E-state index in [2.05, 4.69) is 15.3 Å². The second-order valence-electron chi connectivity index (χ2n) is 7.14. The van der Waals surface area contributed by atoms with Gasteiger partial charge in [0.1, 0.15) is 17.2 Å². The first-order valence-corrected chi connectivity index (χ1v) is 9.84. The van der Waals surface area contributed by atoms with Crippen molar-refractivity contribution < 1.29 is 32.6 Å². The molecule has 0 bridgehead atoms. The third-order valence-corrected chi connectivity index (χ3v) is 4.75. The second-order valence-corrected chi connectivity index (χ2v) is 7.14. The molecule has 0 aliphatic carbocycles. The summed E-state index contributed by atoms with van der Waals surface area (Å²) in [6.45, 7) is 0. The van der Waals surface area contributed by atoms with Crippen LogP contribution in [0.15, 0.2) is 79.1 Å². The molecule has 10 heteroatoms. The van der Waals surface area contributed by atoms with E-state index in [-0.39, 0.29) is 17.1 Å². The minimum absolute atomic E-state index is 0.156. The predicted molar refractivity (Wildman–Crippen MR) is 117 cm³/mol. The molecule has 0 atom stereocenters. The van der Waals surface area contributed by atoms with Crippen molar-refractivity contribution in [3.8, 4) is 22.6 Å². The van der Waals surface area contributed by atoms with E-state index in [1.165, 1.54) is 42.7 Å². The number of ether oxygens (including phenoxy) is 1. The van der Waals surface area contributed by atoms with Crippen molar-refractivity contribution in [1.82, 2.24) is 9.97 Å². The number of carbonyl (C=O) groups excluding carboxylic acids is 1. The van der Waals surface area contributed by atoms with Crippen molar-refractivity contribution in [2.45, 2.75) is 6.18 Å². The number of nitrogens with one attached hydrogen (secondary N) is 2. The first kappa shape index (κ1) is 22.6. The Morgan fingerprint density at radius 1 is 0.941 bits per heavy atom. The van der Waals surface area contributed by atoms with Crippen molar-refractivity contribution in [2.24, 2.45) is 0 Å². The standard InChI is InChI=1S/C24H16F3N3O4/c25-24(26,27)16-3-1-2-14(10-16)15-11-20(29-13-15)22(31)30-17-4-6-18(7-5-17)34-19-8-9-28-21(12-19)23(32)33/h1-13,29H,(H,30,31)(H,32,33). The molecule has 0 radical (unpaired) electrons. The average molecular weight is 467 g/mol. The van der Waals surface area contributed by atoms with E-state index in [0.29, 0.717) is 22.6 Å². The van der Waals surface area contributed by atoms with Crippen LogP contribution in [0.1, 0.15) is 26.5 Å². The van der Waals surface area contributed by atoms with Crippen LogP contribution in [0.25, 0.3) is 11.1 Å². The number of carboxylic acid groups (broad SMARTS) is 1. The zero-order valence-corrected chi connectivity index (χ0v) is 17.3. The molecule has 0 aliphatic rings. The van der Waals surface area contributed by atoms with Gasteiger partial charge in [0.15, 0.2) is 5.69 Å². The lowest BCUT2D eigenvalue weighted by Crippen LogP contribution is -2.12. The summed E-state index contributed by atoms with van der Waals surface area (Å²) in [6, 6.07) is 15.4. The van der Waals surface area contributed by atoms with Crippen LogP contribution in [0.5, 0.6) is 11.5 Å². The van der Waals surface area contributed by atoms with Crippen LogP contribution in [0, 0.1) is 0 Å². The molecule has 0 fully saturated rings. The first-order chi connectivity index (χ1) is 16.2. The number of amides is 1. The molecule has 172 valence electrons.